The summed E-state index contributed by atoms with van der Waals surface area (Å²) < 4.78 is 31.7. The number of benzene rings is 2. The van der Waals surface area contributed by atoms with Gasteiger partial charge in [-0.05, 0) is 41.7 Å². The van der Waals surface area contributed by atoms with Gasteiger partial charge in [-0.1, -0.05) is 80.4 Å². The summed E-state index contributed by atoms with van der Waals surface area (Å²) in [5.74, 6) is -2.45. The molecule has 3 N–H and O–H groups in total. The van der Waals surface area contributed by atoms with Crippen LogP contribution in [0.4, 0.5) is 18.0 Å². The van der Waals surface area contributed by atoms with Gasteiger partial charge in [0.05, 0.1) is 11.7 Å². The number of carbonyl (C=O) groups is 3. The molecule has 10 heteroatoms. The Kier molecular flexibility index (Phi) is 13.4. The molecule has 0 aliphatic rings. The van der Waals surface area contributed by atoms with E-state index in [-0.39, 0.29) is 12.1 Å². The average molecular weight is 558 g/mol. The van der Waals surface area contributed by atoms with Gasteiger partial charge >= 0.3 is 18.2 Å². The third kappa shape index (κ3) is 12.1. The van der Waals surface area contributed by atoms with Crippen LogP contribution in [0.2, 0.25) is 0 Å². The molecule has 0 spiro atoms. The summed E-state index contributed by atoms with van der Waals surface area (Å²) in [4.78, 5) is 37.7. The molecule has 7 nitrogen and oxygen atoms in total. The van der Waals surface area contributed by atoms with E-state index in [9.17, 15) is 22.8 Å². The number of alkyl halides is 3. The Hall–Kier alpha value is -4.21. The first kappa shape index (κ1) is 32.0. The molecule has 1 unspecified atom stereocenters. The number of Topliss-reactive ketones (excluding diaryl/α,β-unsaturated/α-hetero) is 1. The number of aromatic nitrogens is 1. The predicted molar refractivity (Wildman–Crippen MR) is 146 cm³/mol. The van der Waals surface area contributed by atoms with Gasteiger partial charge in [-0.3, -0.25) is 9.78 Å². The number of halogens is 3. The first-order valence-corrected chi connectivity index (χ1v) is 13.0. The van der Waals surface area contributed by atoms with Gasteiger partial charge in [0, 0.05) is 25.6 Å². The molecule has 0 aliphatic heterocycles. The molecule has 0 aliphatic carbocycles. The molecule has 0 radical (unpaired) electrons. The second kappa shape index (κ2) is 16.7. The molecule has 214 valence electrons. The number of pyridine rings is 1. The Balaban J connectivity index is 0.000000708. The second-order valence-corrected chi connectivity index (χ2v) is 9.00. The van der Waals surface area contributed by atoms with Crippen LogP contribution in [0.5, 0.6) is 0 Å². The summed E-state index contributed by atoms with van der Waals surface area (Å²) in [7, 11) is 0. The van der Waals surface area contributed by atoms with Gasteiger partial charge in [0.2, 0.25) is 0 Å². The Morgan fingerprint density at radius 1 is 0.900 bits per heavy atom. The average Bonchev–Trinajstić information content (AvgIpc) is 2.96. The first-order valence-electron chi connectivity index (χ1n) is 13.0. The fourth-order valence-electron chi connectivity index (χ4n) is 3.75. The summed E-state index contributed by atoms with van der Waals surface area (Å²) in [6, 6.07) is 23.6. The quantitative estimate of drug-likeness (QED) is 0.211. The van der Waals surface area contributed by atoms with E-state index in [1.165, 1.54) is 0 Å². The standard InChI is InChI=1S/C28H33N3O2.C2HF3O2/c1-2-25(32)16-10-5-11-17-26(31-28(33)30-21-22-12-6-3-7-13-22)27-20-24(18-19-29-27)23-14-8-4-9-15-23;3-2(4,5)1(6)7/h3-4,6-9,12-15,18-20,26H,2,5,10-11,16-17,21H2,1H3,(H2,30,31,33);(H,6,7). The van der Waals surface area contributed by atoms with Crippen molar-refractivity contribution in [3.8, 4) is 11.1 Å². The van der Waals surface area contributed by atoms with Gasteiger partial charge in [-0.2, -0.15) is 13.2 Å². The van der Waals surface area contributed by atoms with Gasteiger partial charge in [0.15, 0.2) is 0 Å². The maximum atomic E-state index is 12.7. The van der Waals surface area contributed by atoms with E-state index in [1.54, 1.807) is 6.20 Å². The van der Waals surface area contributed by atoms with Gasteiger partial charge in [0.1, 0.15) is 5.78 Å². The van der Waals surface area contributed by atoms with Crippen LogP contribution >= 0.6 is 0 Å². The molecule has 2 amide bonds. The zero-order chi connectivity index (χ0) is 29.4. The molecule has 3 rings (SSSR count). The van der Waals surface area contributed by atoms with Crippen molar-refractivity contribution in [2.75, 3.05) is 0 Å². The van der Waals surface area contributed by atoms with E-state index in [1.807, 2.05) is 61.5 Å². The number of hydrogen-bond donors (Lipinski definition) is 3. The van der Waals surface area contributed by atoms with Crippen molar-refractivity contribution in [3.63, 3.8) is 0 Å². The summed E-state index contributed by atoms with van der Waals surface area (Å²) in [6.07, 6.45) is 1.47. The topological polar surface area (TPSA) is 108 Å². The van der Waals surface area contributed by atoms with Crippen LogP contribution in [-0.2, 0) is 16.1 Å². The highest BCUT2D eigenvalue weighted by Crippen LogP contribution is 2.24. The zero-order valence-corrected chi connectivity index (χ0v) is 22.3. The predicted octanol–water partition coefficient (Wildman–Crippen LogP) is 6.85. The van der Waals surface area contributed by atoms with Crippen molar-refractivity contribution in [2.45, 2.75) is 64.2 Å². The number of aliphatic carboxylic acids is 1. The number of rotatable bonds is 12. The van der Waals surface area contributed by atoms with Gasteiger partial charge < -0.3 is 15.7 Å². The first-order chi connectivity index (χ1) is 19.1. The van der Waals surface area contributed by atoms with Crippen LogP contribution in [-0.4, -0.2) is 34.1 Å². The number of hydrogen-bond acceptors (Lipinski definition) is 4. The van der Waals surface area contributed by atoms with E-state index in [4.69, 9.17) is 9.90 Å². The molecule has 0 saturated carbocycles. The molecular formula is C30H34F3N3O4. The molecule has 1 atom stereocenters. The van der Waals surface area contributed by atoms with Crippen LogP contribution < -0.4 is 10.6 Å². The third-order valence-electron chi connectivity index (χ3n) is 5.93. The SMILES string of the molecule is CCC(=O)CCCCCC(NC(=O)NCc1ccccc1)c1cc(-c2ccccc2)ccn1.O=C(O)C(F)(F)F. The van der Waals surface area contributed by atoms with Crippen LogP contribution in [0.15, 0.2) is 79.0 Å². The third-order valence-corrected chi connectivity index (χ3v) is 5.93. The molecule has 3 aromatic rings. The largest absolute Gasteiger partial charge is 0.490 e. The van der Waals surface area contributed by atoms with Crippen LogP contribution in [0.3, 0.4) is 0 Å². The smallest absolute Gasteiger partial charge is 0.475 e. The van der Waals surface area contributed by atoms with Crippen LogP contribution in [0.1, 0.15) is 62.7 Å². The van der Waals surface area contributed by atoms with Gasteiger partial charge in [-0.25, -0.2) is 9.59 Å². The van der Waals surface area contributed by atoms with E-state index >= 15 is 0 Å². The highest BCUT2D eigenvalue weighted by Gasteiger charge is 2.38. The monoisotopic (exact) mass is 557 g/mol. The van der Waals surface area contributed by atoms with Crippen molar-refractivity contribution in [3.05, 3.63) is 90.3 Å². The Bertz CT molecular complexity index is 1210. The fraction of sp³-hybridized carbons (Fsp3) is 0.333. The van der Waals surface area contributed by atoms with Gasteiger partial charge in [0.25, 0.3) is 0 Å². The number of amides is 2. The van der Waals surface area contributed by atoms with Crippen molar-refractivity contribution in [1.82, 2.24) is 15.6 Å². The van der Waals surface area contributed by atoms with Crippen LogP contribution in [0, 0.1) is 0 Å². The lowest BCUT2D eigenvalue weighted by atomic mass is 10.00. The molecule has 1 aromatic heterocycles. The second-order valence-electron chi connectivity index (χ2n) is 9.00. The normalized spacial score (nSPS) is 11.5. The molecule has 40 heavy (non-hydrogen) atoms. The number of nitrogens with zero attached hydrogens (tertiary/aromatic N) is 1. The number of ketones is 1. The summed E-state index contributed by atoms with van der Waals surface area (Å²) in [5.41, 5.74) is 4.09. The molecule has 0 fully saturated rings. The van der Waals surface area contributed by atoms with Gasteiger partial charge in [-0.15, -0.1) is 0 Å². The lowest BCUT2D eigenvalue weighted by Gasteiger charge is -2.20. The van der Waals surface area contributed by atoms with E-state index in [2.05, 4.69) is 33.8 Å². The molecular weight excluding hydrogens is 523 g/mol. The van der Waals surface area contributed by atoms with Crippen LogP contribution in [0.25, 0.3) is 11.1 Å². The lowest BCUT2D eigenvalue weighted by Crippen LogP contribution is -2.38. The maximum absolute atomic E-state index is 12.7. The van der Waals surface area contributed by atoms with E-state index in [0.29, 0.717) is 25.2 Å². The molecule has 1 heterocycles. The number of unbranched alkanes of at least 4 members (excludes halogenated alkanes) is 2. The lowest BCUT2D eigenvalue weighted by molar-refractivity contribution is -0.192. The number of carboxylic acids is 1. The number of carbonyl (C=O) groups excluding carboxylic acids is 2. The number of urea groups is 1. The highest BCUT2D eigenvalue weighted by molar-refractivity contribution is 5.78. The van der Waals surface area contributed by atoms with E-state index in [0.717, 1.165) is 48.1 Å². The minimum atomic E-state index is -5.08. The Labute approximate surface area is 231 Å². The summed E-state index contributed by atoms with van der Waals surface area (Å²) >= 11 is 0. The Morgan fingerprint density at radius 2 is 1.52 bits per heavy atom. The summed E-state index contributed by atoms with van der Waals surface area (Å²) in [5, 5.41) is 13.2. The molecule has 0 bridgehead atoms. The number of nitrogens with one attached hydrogen (secondary N) is 2. The Morgan fingerprint density at radius 3 is 2.12 bits per heavy atom. The highest BCUT2D eigenvalue weighted by atomic mass is 19.4. The van der Waals surface area contributed by atoms with Crippen molar-refractivity contribution < 1.29 is 32.7 Å². The minimum absolute atomic E-state index is 0.202. The minimum Gasteiger partial charge on any atom is -0.475 e. The zero-order valence-electron chi connectivity index (χ0n) is 22.3. The summed E-state index contributed by atoms with van der Waals surface area (Å²) in [6.45, 7) is 2.37. The van der Waals surface area contributed by atoms with Crippen molar-refractivity contribution in [1.29, 1.82) is 0 Å². The van der Waals surface area contributed by atoms with Crippen molar-refractivity contribution in [2.24, 2.45) is 0 Å². The van der Waals surface area contributed by atoms with E-state index < -0.39 is 12.1 Å². The fourth-order valence-corrected chi connectivity index (χ4v) is 3.75. The number of carboxylic acid groups (broad SMARTS) is 1. The van der Waals surface area contributed by atoms with Crippen molar-refractivity contribution >= 4 is 17.8 Å². The maximum Gasteiger partial charge on any atom is 0.490 e. The molecule has 0 saturated heterocycles. The molecule has 2 aromatic carbocycles.